The number of nitrogens with zero attached hydrogens (tertiary/aromatic N) is 1. The molecule has 0 saturated heterocycles. The van der Waals surface area contributed by atoms with E-state index >= 15 is 0 Å². The van der Waals surface area contributed by atoms with Crippen LogP contribution in [-0.2, 0) is 52.8 Å². The Kier molecular flexibility index (Phi) is 21.6. The first kappa shape index (κ1) is 50.6. The molecule has 6 amide bonds. The van der Waals surface area contributed by atoms with Crippen LogP contribution in [0.1, 0.15) is 49.8 Å². The highest BCUT2D eigenvalue weighted by Crippen LogP contribution is 2.14. The van der Waals surface area contributed by atoms with Crippen LogP contribution in [0.25, 0.3) is 0 Å². The molecule has 0 unspecified atom stereocenters. The molecule has 0 radical (unpaired) electrons. The quantitative estimate of drug-likeness (QED) is 0.0505. The number of carboxylic acids is 1. The van der Waals surface area contributed by atoms with Crippen LogP contribution >= 0.6 is 11.8 Å². The van der Waals surface area contributed by atoms with E-state index in [9.17, 15) is 38.7 Å². The number of hydrogen-bond acceptors (Lipinski definition) is 10. The molecule has 0 aromatic heterocycles. The van der Waals surface area contributed by atoms with E-state index in [-0.39, 0.29) is 44.2 Å². The minimum Gasteiger partial charge on any atom is -0.480 e. The van der Waals surface area contributed by atoms with Gasteiger partial charge in [-0.15, -0.1) is 0 Å². The van der Waals surface area contributed by atoms with Crippen molar-refractivity contribution in [3.63, 3.8) is 0 Å². The fourth-order valence-electron chi connectivity index (χ4n) is 6.66. The van der Waals surface area contributed by atoms with Gasteiger partial charge in [-0.25, -0.2) is 0 Å². The third kappa shape index (κ3) is 17.7. The molecule has 3 rings (SSSR count). The van der Waals surface area contributed by atoms with Gasteiger partial charge in [0.05, 0.1) is 12.5 Å². The Morgan fingerprint density at radius 1 is 0.677 bits per heavy atom. The van der Waals surface area contributed by atoms with E-state index in [1.807, 2.05) is 56.5 Å². The average Bonchev–Trinajstić information content (AvgIpc) is 3.24. The Labute approximate surface area is 368 Å². The largest absolute Gasteiger partial charge is 0.480 e. The summed E-state index contributed by atoms with van der Waals surface area (Å²) in [5.41, 5.74) is 13.4. The second-order valence-electron chi connectivity index (χ2n) is 15.5. The van der Waals surface area contributed by atoms with Crippen molar-refractivity contribution in [2.24, 2.45) is 17.4 Å². The number of nitrogens with two attached hydrogens (primary N) is 2. The average molecular weight is 875 g/mol. The summed E-state index contributed by atoms with van der Waals surface area (Å²) in [5, 5.41) is 23.6. The molecule has 0 saturated carbocycles. The number of hydrogen-bond donors (Lipinski definition) is 8. The summed E-state index contributed by atoms with van der Waals surface area (Å²) in [6.45, 7) is 4.22. The summed E-state index contributed by atoms with van der Waals surface area (Å²) < 4.78 is 0. The molecular formula is C45H62N8O8S. The van der Waals surface area contributed by atoms with Gasteiger partial charge < -0.3 is 48.1 Å². The number of rotatable bonds is 27. The molecule has 0 heterocycles. The minimum atomic E-state index is -1.49. The van der Waals surface area contributed by atoms with Crippen LogP contribution in [-0.4, -0.2) is 120 Å². The first-order valence-corrected chi connectivity index (χ1v) is 22.0. The number of aliphatic carboxylic acids is 1. The zero-order valence-electron chi connectivity index (χ0n) is 35.9. The highest BCUT2D eigenvalue weighted by molar-refractivity contribution is 7.98. The Morgan fingerprint density at radius 3 is 1.68 bits per heavy atom. The number of nitrogens with one attached hydrogen (secondary N) is 5. The van der Waals surface area contributed by atoms with Crippen molar-refractivity contribution in [1.82, 2.24) is 31.5 Å². The Bertz CT molecular complexity index is 1910. The zero-order valence-corrected chi connectivity index (χ0v) is 36.7. The van der Waals surface area contributed by atoms with Gasteiger partial charge in [0.2, 0.25) is 35.4 Å². The van der Waals surface area contributed by atoms with Gasteiger partial charge in [0.1, 0.15) is 30.2 Å². The van der Waals surface area contributed by atoms with Crippen LogP contribution < -0.4 is 38.1 Å². The molecule has 3 aromatic carbocycles. The highest BCUT2D eigenvalue weighted by atomic mass is 32.2. The number of primary amides is 1. The fourth-order valence-corrected chi connectivity index (χ4v) is 7.13. The predicted octanol–water partition coefficient (Wildman–Crippen LogP) is 1.16. The van der Waals surface area contributed by atoms with Crippen molar-refractivity contribution >= 4 is 53.2 Å². The summed E-state index contributed by atoms with van der Waals surface area (Å²) >= 11 is 1.54. The number of carbonyl (C=O) groups is 7. The molecule has 0 bridgehead atoms. The molecule has 0 aliphatic heterocycles. The molecule has 0 spiro atoms. The van der Waals surface area contributed by atoms with E-state index in [0.717, 1.165) is 11.1 Å². The predicted molar refractivity (Wildman–Crippen MR) is 239 cm³/mol. The van der Waals surface area contributed by atoms with Crippen molar-refractivity contribution in [2.45, 2.75) is 88.6 Å². The SMILES string of the molecule is CSCC[C@H](NC(=O)[C@H](CC(C)C)NCCNC(=O)[C@H](Cc1ccccc1)N(C)C(=O)[C@H](Cc1ccccc1)NC(=O)[C@H](Cc1ccccc1)NC(=O)C[C@H](N)C(=O)O)C(N)=O. The van der Waals surface area contributed by atoms with Crippen LogP contribution in [0.4, 0.5) is 0 Å². The number of amides is 6. The third-order valence-corrected chi connectivity index (χ3v) is 10.7. The zero-order chi connectivity index (χ0) is 45.6. The molecule has 3 aromatic rings. The Morgan fingerprint density at radius 2 is 1.18 bits per heavy atom. The maximum Gasteiger partial charge on any atom is 0.321 e. The number of carboxylic acid groups (broad SMARTS) is 1. The summed E-state index contributed by atoms with van der Waals surface area (Å²) in [5.74, 6) is -4.10. The normalized spacial score (nSPS) is 14.0. The molecule has 17 heteroatoms. The molecule has 6 atom stereocenters. The van der Waals surface area contributed by atoms with Crippen LogP contribution in [0.3, 0.4) is 0 Å². The van der Waals surface area contributed by atoms with Crippen molar-refractivity contribution in [1.29, 1.82) is 0 Å². The first-order chi connectivity index (χ1) is 29.6. The maximum atomic E-state index is 14.6. The summed E-state index contributed by atoms with van der Waals surface area (Å²) in [7, 11) is 1.49. The number of carbonyl (C=O) groups excluding carboxylic acids is 6. The van der Waals surface area contributed by atoms with Gasteiger partial charge in [0.25, 0.3) is 0 Å². The third-order valence-electron chi connectivity index (χ3n) is 10.1. The van der Waals surface area contributed by atoms with E-state index < -0.39 is 78.2 Å². The molecule has 0 fully saturated rings. The lowest BCUT2D eigenvalue weighted by Gasteiger charge is -2.32. The lowest BCUT2D eigenvalue weighted by molar-refractivity contribution is -0.142. The standard InChI is InChI=1S/C45H62N8O8S/c1-29(2)24-35(41(56)51-34(40(47)55)20-23-62-4)48-21-22-49-43(58)38(27-32-18-12-7-13-19-32)53(3)44(59)37(26-31-16-10-6-11-17-31)52-42(57)36(25-30-14-8-5-9-15-30)50-39(54)28-33(46)45(60)61/h5-19,29,33-38,48H,20-28,46H2,1-4H3,(H2,47,55)(H,49,58)(H,50,54)(H,51,56)(H,52,57)(H,60,61)/t33-,34-,35-,36-,37-,38-/m0/s1. The lowest BCUT2D eigenvalue weighted by Crippen LogP contribution is -2.59. The van der Waals surface area contributed by atoms with E-state index in [1.54, 1.807) is 54.6 Å². The van der Waals surface area contributed by atoms with Crippen LogP contribution in [0.15, 0.2) is 91.0 Å². The second kappa shape index (κ2) is 26.5. The highest BCUT2D eigenvalue weighted by Gasteiger charge is 2.34. The second-order valence-corrected chi connectivity index (χ2v) is 16.5. The van der Waals surface area contributed by atoms with Gasteiger partial charge in [-0.05, 0) is 47.5 Å². The van der Waals surface area contributed by atoms with E-state index in [0.29, 0.717) is 24.2 Å². The van der Waals surface area contributed by atoms with Gasteiger partial charge in [-0.1, -0.05) is 105 Å². The summed E-state index contributed by atoms with van der Waals surface area (Å²) in [4.78, 5) is 93.8. The molecule has 0 aliphatic carbocycles. The summed E-state index contributed by atoms with van der Waals surface area (Å²) in [6.07, 6.45) is 2.38. The number of likely N-dealkylation sites (N-methyl/N-ethyl adjacent to an activating group) is 1. The fraction of sp³-hybridized carbons (Fsp3) is 0.444. The Balaban J connectivity index is 1.85. The molecule has 16 nitrogen and oxygen atoms in total. The van der Waals surface area contributed by atoms with Gasteiger partial charge in [0.15, 0.2) is 0 Å². The van der Waals surface area contributed by atoms with Gasteiger partial charge in [-0.2, -0.15) is 11.8 Å². The van der Waals surface area contributed by atoms with Crippen molar-refractivity contribution in [3.05, 3.63) is 108 Å². The van der Waals surface area contributed by atoms with Crippen molar-refractivity contribution < 1.29 is 38.7 Å². The van der Waals surface area contributed by atoms with Crippen molar-refractivity contribution in [2.75, 3.05) is 32.1 Å². The lowest BCUT2D eigenvalue weighted by atomic mass is 9.99. The first-order valence-electron chi connectivity index (χ1n) is 20.7. The molecule has 10 N–H and O–H groups in total. The number of thioether (sulfide) groups is 1. The van der Waals surface area contributed by atoms with E-state index in [1.165, 1.54) is 23.7 Å². The van der Waals surface area contributed by atoms with Crippen LogP contribution in [0.2, 0.25) is 0 Å². The summed E-state index contributed by atoms with van der Waals surface area (Å²) in [6, 6.07) is 20.6. The van der Waals surface area contributed by atoms with E-state index in [4.69, 9.17) is 11.5 Å². The van der Waals surface area contributed by atoms with Gasteiger partial charge >= 0.3 is 5.97 Å². The maximum absolute atomic E-state index is 14.6. The Hall–Kier alpha value is -5.78. The van der Waals surface area contributed by atoms with E-state index in [2.05, 4.69) is 26.6 Å². The molecule has 336 valence electrons. The topological polar surface area (TPSA) is 255 Å². The molecule has 0 aliphatic rings. The van der Waals surface area contributed by atoms with Crippen LogP contribution in [0.5, 0.6) is 0 Å². The molecule has 62 heavy (non-hydrogen) atoms. The van der Waals surface area contributed by atoms with Crippen molar-refractivity contribution in [3.8, 4) is 0 Å². The monoisotopic (exact) mass is 874 g/mol. The minimum absolute atomic E-state index is 0.0271. The smallest absolute Gasteiger partial charge is 0.321 e. The van der Waals surface area contributed by atoms with Gasteiger partial charge in [0, 0.05) is 39.4 Å². The van der Waals surface area contributed by atoms with Gasteiger partial charge in [-0.3, -0.25) is 33.6 Å². The number of benzene rings is 3. The van der Waals surface area contributed by atoms with Crippen LogP contribution in [0, 0.1) is 5.92 Å². The molecular weight excluding hydrogens is 813 g/mol.